The zero-order valence-corrected chi connectivity index (χ0v) is 16.9. The number of carboxylic acids is 1. The van der Waals surface area contributed by atoms with Gasteiger partial charge in [0.05, 0.1) is 11.4 Å². The van der Waals surface area contributed by atoms with Crippen molar-refractivity contribution in [2.45, 2.75) is 23.9 Å². The van der Waals surface area contributed by atoms with Crippen molar-refractivity contribution in [3.63, 3.8) is 0 Å². The number of rotatable bonds is 5. The average molecular weight is 483 g/mol. The second-order valence-electron chi connectivity index (χ2n) is 5.91. The van der Waals surface area contributed by atoms with Gasteiger partial charge in [0.25, 0.3) is 0 Å². The van der Waals surface area contributed by atoms with Crippen LogP contribution < -0.4 is 0 Å². The van der Waals surface area contributed by atoms with Gasteiger partial charge < -0.3 is 5.11 Å². The number of fused-ring (bicyclic) bond motifs is 1. The Morgan fingerprint density at radius 1 is 1.20 bits per heavy atom. The van der Waals surface area contributed by atoms with E-state index in [1.54, 1.807) is 0 Å². The van der Waals surface area contributed by atoms with Gasteiger partial charge >= 0.3 is 5.97 Å². The topological polar surface area (TPSA) is 68.0 Å². The number of aromatic nitrogens is 3. The first kappa shape index (κ1) is 17.1. The monoisotopic (exact) mass is 481 g/mol. The van der Waals surface area contributed by atoms with Gasteiger partial charge in [-0.2, -0.15) is 0 Å². The van der Waals surface area contributed by atoms with Gasteiger partial charge in [-0.25, -0.2) is 0 Å². The van der Waals surface area contributed by atoms with E-state index in [2.05, 4.69) is 72.4 Å². The molecule has 8 heteroatoms. The maximum atomic E-state index is 10.9. The predicted molar refractivity (Wildman–Crippen MR) is 105 cm³/mol. The molecule has 25 heavy (non-hydrogen) atoms. The molecule has 1 saturated carbocycles. The van der Waals surface area contributed by atoms with E-state index in [0.717, 1.165) is 27.3 Å². The molecular formula is C17H13Br2N3O2S. The van der Waals surface area contributed by atoms with E-state index in [1.807, 2.05) is 4.57 Å². The van der Waals surface area contributed by atoms with Gasteiger partial charge in [-0.3, -0.25) is 9.36 Å². The molecular weight excluding hydrogens is 470 g/mol. The summed E-state index contributed by atoms with van der Waals surface area (Å²) in [6.45, 7) is 0. The number of carboxylic acid groups (broad SMARTS) is 1. The second kappa shape index (κ2) is 6.74. The number of aliphatic carboxylic acids is 1. The van der Waals surface area contributed by atoms with Gasteiger partial charge in [-0.05, 0) is 63.8 Å². The van der Waals surface area contributed by atoms with Crippen molar-refractivity contribution >= 4 is 60.4 Å². The van der Waals surface area contributed by atoms with Crippen LogP contribution in [-0.4, -0.2) is 31.6 Å². The molecule has 0 atom stereocenters. The molecule has 5 nitrogen and oxygen atoms in total. The number of benzene rings is 2. The molecule has 4 rings (SSSR count). The molecule has 0 saturated heterocycles. The van der Waals surface area contributed by atoms with Gasteiger partial charge in [0.1, 0.15) is 0 Å². The Kier molecular flexibility index (Phi) is 4.59. The summed E-state index contributed by atoms with van der Waals surface area (Å²) in [5, 5.41) is 20.0. The van der Waals surface area contributed by atoms with E-state index in [-0.39, 0.29) is 5.75 Å². The first-order valence-corrected chi connectivity index (χ1v) is 10.3. The molecule has 0 aliphatic heterocycles. The molecule has 2 aromatic carbocycles. The Labute approximate surface area is 165 Å². The van der Waals surface area contributed by atoms with Crippen molar-refractivity contribution < 1.29 is 9.90 Å². The average Bonchev–Trinajstić information content (AvgIpc) is 3.35. The minimum Gasteiger partial charge on any atom is -0.481 e. The highest BCUT2D eigenvalue weighted by Gasteiger charge is 2.26. The third-order valence-electron chi connectivity index (χ3n) is 4.17. The van der Waals surface area contributed by atoms with Crippen molar-refractivity contribution in [1.29, 1.82) is 0 Å². The Bertz CT molecular complexity index is 985. The van der Waals surface area contributed by atoms with E-state index < -0.39 is 5.97 Å². The highest BCUT2D eigenvalue weighted by Crippen LogP contribution is 2.45. The quantitative estimate of drug-likeness (QED) is 0.518. The molecule has 0 radical (unpaired) electrons. The Morgan fingerprint density at radius 2 is 2.00 bits per heavy atom. The van der Waals surface area contributed by atoms with Crippen LogP contribution in [0.25, 0.3) is 16.5 Å². The van der Waals surface area contributed by atoms with Crippen molar-refractivity contribution in [1.82, 2.24) is 14.8 Å². The zero-order valence-electron chi connectivity index (χ0n) is 12.9. The summed E-state index contributed by atoms with van der Waals surface area (Å²) in [6, 6.07) is 10.5. The van der Waals surface area contributed by atoms with Crippen LogP contribution in [0.1, 0.15) is 24.3 Å². The van der Waals surface area contributed by atoms with Crippen molar-refractivity contribution in [3.05, 3.63) is 45.1 Å². The van der Waals surface area contributed by atoms with Gasteiger partial charge in [0, 0.05) is 9.86 Å². The molecule has 1 N–H and O–H groups in total. The third-order valence-corrected chi connectivity index (χ3v) is 6.09. The highest BCUT2D eigenvalue weighted by atomic mass is 79.9. The first-order chi connectivity index (χ1) is 12.0. The second-order valence-corrected chi connectivity index (χ2v) is 8.47. The fraction of sp³-hybridized carbons (Fsp3) is 0.235. The number of hydrogen-bond acceptors (Lipinski definition) is 4. The molecule has 3 aromatic rings. The summed E-state index contributed by atoms with van der Waals surface area (Å²) in [6.07, 6.45) is 2.47. The van der Waals surface area contributed by atoms with Crippen LogP contribution >= 0.6 is 43.6 Å². The van der Waals surface area contributed by atoms with Gasteiger partial charge in [0.2, 0.25) is 4.73 Å². The molecule has 1 aliphatic carbocycles. The standard InChI is InChI=1S/C17H13Br2N3O2S/c18-10-3-4-12-11(9-1-2-9)5-6-14(13(12)7-10)22-16(19)20-21-17(22)25-8-15(23)24/h3-7,9H,1-2,8H2,(H,23,24). The minimum atomic E-state index is -0.882. The van der Waals surface area contributed by atoms with Crippen LogP contribution in [0, 0.1) is 0 Å². The van der Waals surface area contributed by atoms with Crippen LogP contribution in [0.5, 0.6) is 0 Å². The summed E-state index contributed by atoms with van der Waals surface area (Å²) in [5.74, 6) is -0.303. The number of thioether (sulfide) groups is 1. The lowest BCUT2D eigenvalue weighted by Gasteiger charge is -2.14. The maximum absolute atomic E-state index is 10.9. The fourth-order valence-corrected chi connectivity index (χ4v) is 4.53. The summed E-state index contributed by atoms with van der Waals surface area (Å²) in [5.41, 5.74) is 2.31. The molecule has 1 heterocycles. The van der Waals surface area contributed by atoms with E-state index in [4.69, 9.17) is 5.11 Å². The highest BCUT2D eigenvalue weighted by molar-refractivity contribution is 9.10. The maximum Gasteiger partial charge on any atom is 0.313 e. The summed E-state index contributed by atoms with van der Waals surface area (Å²) >= 11 is 8.16. The third kappa shape index (κ3) is 3.35. The molecule has 0 amide bonds. The van der Waals surface area contributed by atoms with Crippen molar-refractivity contribution in [3.8, 4) is 5.69 Å². The minimum absolute atomic E-state index is 0.0626. The lowest BCUT2D eigenvalue weighted by atomic mass is 9.99. The van der Waals surface area contributed by atoms with E-state index in [9.17, 15) is 4.79 Å². The number of halogens is 2. The van der Waals surface area contributed by atoms with E-state index >= 15 is 0 Å². The zero-order chi connectivity index (χ0) is 17.6. The molecule has 0 spiro atoms. The van der Waals surface area contributed by atoms with Crippen LogP contribution in [0.3, 0.4) is 0 Å². The fourth-order valence-electron chi connectivity index (χ4n) is 2.95. The van der Waals surface area contributed by atoms with Crippen LogP contribution in [0.15, 0.2) is 44.7 Å². The lowest BCUT2D eigenvalue weighted by Crippen LogP contribution is -2.03. The molecule has 1 aliphatic rings. The molecule has 0 unspecified atom stereocenters. The van der Waals surface area contributed by atoms with Crippen LogP contribution in [-0.2, 0) is 4.79 Å². The van der Waals surface area contributed by atoms with Gasteiger partial charge in [0.15, 0.2) is 5.16 Å². The number of nitrogens with zero attached hydrogens (tertiary/aromatic N) is 3. The Hall–Kier alpha value is -1.38. The first-order valence-electron chi connectivity index (χ1n) is 7.72. The van der Waals surface area contributed by atoms with Gasteiger partial charge in [-0.15, -0.1) is 10.2 Å². The number of carbonyl (C=O) groups is 1. The normalized spacial score (nSPS) is 14.2. The summed E-state index contributed by atoms with van der Waals surface area (Å²) in [4.78, 5) is 10.9. The predicted octanol–water partition coefficient (Wildman–Crippen LogP) is 5.00. The number of hydrogen-bond donors (Lipinski definition) is 1. The van der Waals surface area contributed by atoms with E-state index in [1.165, 1.54) is 23.8 Å². The smallest absolute Gasteiger partial charge is 0.313 e. The van der Waals surface area contributed by atoms with Crippen LogP contribution in [0.2, 0.25) is 0 Å². The van der Waals surface area contributed by atoms with E-state index in [0.29, 0.717) is 15.8 Å². The Balaban J connectivity index is 1.90. The SMILES string of the molecule is O=C(O)CSc1nnc(Br)n1-c1ccc(C2CC2)c2ccc(Br)cc12. The molecule has 1 fully saturated rings. The largest absolute Gasteiger partial charge is 0.481 e. The van der Waals surface area contributed by atoms with Crippen LogP contribution in [0.4, 0.5) is 0 Å². The summed E-state index contributed by atoms with van der Waals surface area (Å²) in [7, 11) is 0. The van der Waals surface area contributed by atoms with Crippen molar-refractivity contribution in [2.24, 2.45) is 0 Å². The molecule has 128 valence electrons. The van der Waals surface area contributed by atoms with Crippen molar-refractivity contribution in [2.75, 3.05) is 5.75 Å². The molecule has 0 bridgehead atoms. The lowest BCUT2D eigenvalue weighted by molar-refractivity contribution is -0.133. The van der Waals surface area contributed by atoms with Gasteiger partial charge in [-0.1, -0.05) is 39.8 Å². The Morgan fingerprint density at radius 3 is 2.72 bits per heavy atom. The molecule has 1 aromatic heterocycles. The summed E-state index contributed by atoms with van der Waals surface area (Å²) < 4.78 is 3.41.